The van der Waals surface area contributed by atoms with E-state index in [-0.39, 0.29) is 0 Å². The van der Waals surface area contributed by atoms with Crippen LogP contribution in [0.3, 0.4) is 0 Å². The summed E-state index contributed by atoms with van der Waals surface area (Å²) >= 11 is 0. The van der Waals surface area contributed by atoms with E-state index >= 15 is 0 Å². The zero-order valence-electron chi connectivity index (χ0n) is 12.6. The molecule has 108 valence electrons. The van der Waals surface area contributed by atoms with Crippen molar-refractivity contribution >= 4 is 0 Å². The molecule has 0 aliphatic carbocycles. The molecular formula is C17H25N3. The predicted octanol–water partition coefficient (Wildman–Crippen LogP) is 2.68. The lowest BCUT2D eigenvalue weighted by Gasteiger charge is -2.37. The highest BCUT2D eigenvalue weighted by Crippen LogP contribution is 2.27. The number of hydrogen-bond donors (Lipinski definition) is 1. The van der Waals surface area contributed by atoms with Crippen LogP contribution < -0.4 is 5.32 Å². The van der Waals surface area contributed by atoms with Crippen LogP contribution in [0.2, 0.25) is 0 Å². The Morgan fingerprint density at radius 2 is 2.25 bits per heavy atom. The van der Waals surface area contributed by atoms with E-state index in [1.807, 2.05) is 0 Å². The van der Waals surface area contributed by atoms with Gasteiger partial charge in [0, 0.05) is 19.1 Å². The van der Waals surface area contributed by atoms with Crippen molar-refractivity contribution in [2.45, 2.75) is 38.6 Å². The molecule has 20 heavy (non-hydrogen) atoms. The Morgan fingerprint density at radius 3 is 2.95 bits per heavy atom. The highest BCUT2D eigenvalue weighted by atomic mass is 15.2. The van der Waals surface area contributed by atoms with E-state index in [4.69, 9.17) is 5.26 Å². The van der Waals surface area contributed by atoms with E-state index in [0.29, 0.717) is 18.5 Å². The molecule has 0 aromatic heterocycles. The van der Waals surface area contributed by atoms with Gasteiger partial charge >= 0.3 is 0 Å². The second-order valence-electron chi connectivity index (χ2n) is 5.85. The number of piperidine rings is 1. The zero-order chi connectivity index (χ0) is 14.4. The van der Waals surface area contributed by atoms with Crippen LogP contribution in [0.1, 0.15) is 36.8 Å². The second-order valence-corrected chi connectivity index (χ2v) is 5.85. The summed E-state index contributed by atoms with van der Waals surface area (Å²) in [5, 5.41) is 12.6. The second kappa shape index (κ2) is 7.42. The van der Waals surface area contributed by atoms with Crippen LogP contribution >= 0.6 is 0 Å². The molecule has 1 N–H and O–H groups in total. The van der Waals surface area contributed by atoms with Crippen LogP contribution in [-0.2, 0) is 0 Å². The summed E-state index contributed by atoms with van der Waals surface area (Å²) in [6.45, 7) is 7.93. The minimum absolute atomic E-state index is 0.502. The third-order valence-corrected chi connectivity index (χ3v) is 4.02. The van der Waals surface area contributed by atoms with E-state index in [1.165, 1.54) is 17.5 Å². The van der Waals surface area contributed by atoms with Gasteiger partial charge < -0.3 is 5.32 Å². The van der Waals surface area contributed by atoms with E-state index in [9.17, 15) is 0 Å². The number of benzene rings is 1. The molecule has 1 aromatic rings. The lowest BCUT2D eigenvalue weighted by Crippen LogP contribution is -2.48. The van der Waals surface area contributed by atoms with Crippen LogP contribution in [0, 0.1) is 18.3 Å². The summed E-state index contributed by atoms with van der Waals surface area (Å²) in [6, 6.07) is 11.6. The quantitative estimate of drug-likeness (QED) is 0.837. The molecule has 0 amide bonds. The van der Waals surface area contributed by atoms with Crippen LogP contribution in [0.25, 0.3) is 0 Å². The fourth-order valence-corrected chi connectivity index (χ4v) is 3.08. The van der Waals surface area contributed by atoms with E-state index < -0.39 is 0 Å². The Kier molecular flexibility index (Phi) is 5.58. The minimum Gasteiger partial charge on any atom is -0.313 e. The average molecular weight is 271 g/mol. The van der Waals surface area contributed by atoms with Crippen molar-refractivity contribution in [3.63, 3.8) is 0 Å². The third kappa shape index (κ3) is 4.06. The number of rotatable bonds is 5. The summed E-state index contributed by atoms with van der Waals surface area (Å²) in [7, 11) is 0. The van der Waals surface area contributed by atoms with Gasteiger partial charge in [-0.1, -0.05) is 36.8 Å². The fraction of sp³-hybridized carbons (Fsp3) is 0.588. The monoisotopic (exact) mass is 271 g/mol. The smallest absolute Gasteiger partial charge is 0.0866 e. The summed E-state index contributed by atoms with van der Waals surface area (Å²) in [6.07, 6.45) is 2.33. The zero-order valence-corrected chi connectivity index (χ0v) is 12.6. The molecule has 3 nitrogen and oxygen atoms in total. The molecule has 0 saturated carbocycles. The van der Waals surface area contributed by atoms with E-state index in [0.717, 1.165) is 26.1 Å². The lowest BCUT2D eigenvalue weighted by molar-refractivity contribution is 0.189. The van der Waals surface area contributed by atoms with Gasteiger partial charge in [0.25, 0.3) is 0 Å². The van der Waals surface area contributed by atoms with Crippen LogP contribution in [0.15, 0.2) is 24.3 Å². The van der Waals surface area contributed by atoms with Crippen molar-refractivity contribution in [3.8, 4) is 6.07 Å². The topological polar surface area (TPSA) is 39.1 Å². The van der Waals surface area contributed by atoms with Crippen molar-refractivity contribution in [1.82, 2.24) is 10.2 Å². The molecule has 1 fully saturated rings. The first kappa shape index (κ1) is 15.0. The van der Waals surface area contributed by atoms with Gasteiger partial charge in [-0.15, -0.1) is 0 Å². The fourth-order valence-electron chi connectivity index (χ4n) is 3.08. The third-order valence-electron chi connectivity index (χ3n) is 4.02. The van der Waals surface area contributed by atoms with Crippen molar-refractivity contribution in [3.05, 3.63) is 35.4 Å². The predicted molar refractivity (Wildman–Crippen MR) is 82.7 cm³/mol. The maximum absolute atomic E-state index is 8.97. The number of nitrogens with one attached hydrogen (secondary N) is 1. The maximum Gasteiger partial charge on any atom is 0.0866 e. The molecule has 1 aromatic carbocycles. The summed E-state index contributed by atoms with van der Waals surface area (Å²) in [4.78, 5) is 2.28. The Hall–Kier alpha value is -1.37. The molecule has 0 radical (unpaired) electrons. The van der Waals surface area contributed by atoms with Gasteiger partial charge in [0.1, 0.15) is 0 Å². The summed E-state index contributed by atoms with van der Waals surface area (Å²) in [5.74, 6) is 0.534. The number of nitrogens with zero attached hydrogens (tertiary/aromatic N) is 2. The molecule has 2 rings (SSSR count). The highest BCUT2D eigenvalue weighted by Gasteiger charge is 2.27. The maximum atomic E-state index is 8.97. The normalized spacial score (nSPS) is 23.4. The number of likely N-dealkylation sites (tertiary alicyclic amines) is 1. The van der Waals surface area contributed by atoms with Gasteiger partial charge in [-0.05, 0) is 37.8 Å². The first-order valence-electron chi connectivity index (χ1n) is 7.62. The van der Waals surface area contributed by atoms with Crippen LogP contribution in [0.4, 0.5) is 0 Å². The Bertz CT molecular complexity index is 464. The number of nitriles is 1. The molecule has 3 heteroatoms. The Labute approximate surface area is 122 Å². The van der Waals surface area contributed by atoms with Crippen molar-refractivity contribution in [2.24, 2.45) is 0 Å². The molecular weight excluding hydrogens is 246 g/mol. The molecule has 0 bridgehead atoms. The summed E-state index contributed by atoms with van der Waals surface area (Å²) in [5.41, 5.74) is 2.73. The van der Waals surface area contributed by atoms with Gasteiger partial charge in [-0.2, -0.15) is 5.26 Å². The van der Waals surface area contributed by atoms with Crippen LogP contribution in [0.5, 0.6) is 0 Å². The van der Waals surface area contributed by atoms with Crippen LogP contribution in [-0.4, -0.2) is 37.1 Å². The van der Waals surface area contributed by atoms with Crippen molar-refractivity contribution < 1.29 is 0 Å². The van der Waals surface area contributed by atoms with Gasteiger partial charge in [0.2, 0.25) is 0 Å². The van der Waals surface area contributed by atoms with Gasteiger partial charge in [-0.25, -0.2) is 0 Å². The molecule has 1 aliphatic heterocycles. The molecule has 2 atom stereocenters. The van der Waals surface area contributed by atoms with Crippen molar-refractivity contribution in [2.75, 3.05) is 26.2 Å². The Morgan fingerprint density at radius 1 is 1.40 bits per heavy atom. The first-order valence-corrected chi connectivity index (χ1v) is 7.62. The number of aryl methyl sites for hydroxylation is 1. The molecule has 1 aliphatic rings. The summed E-state index contributed by atoms with van der Waals surface area (Å²) < 4.78 is 0. The molecule has 1 saturated heterocycles. The van der Waals surface area contributed by atoms with Gasteiger partial charge in [0.15, 0.2) is 0 Å². The van der Waals surface area contributed by atoms with Gasteiger partial charge in [0.05, 0.1) is 12.6 Å². The lowest BCUT2D eigenvalue weighted by atomic mass is 9.87. The average Bonchev–Trinajstić information content (AvgIpc) is 2.45. The van der Waals surface area contributed by atoms with E-state index in [1.54, 1.807) is 0 Å². The molecule has 1 heterocycles. The Balaban J connectivity index is 2.08. The van der Waals surface area contributed by atoms with E-state index in [2.05, 4.69) is 54.4 Å². The standard InChI is InChI=1S/C17H25N3/c1-3-8-19-17-11-16(12-20(13-17)9-7-18)15-6-4-5-14(2)10-15/h4-6,10,16-17,19H,3,8-9,11-13H2,1-2H3. The van der Waals surface area contributed by atoms with Gasteiger partial charge in [-0.3, -0.25) is 4.90 Å². The number of hydrogen-bond acceptors (Lipinski definition) is 3. The minimum atomic E-state index is 0.502. The molecule has 0 spiro atoms. The van der Waals surface area contributed by atoms with Crippen molar-refractivity contribution in [1.29, 1.82) is 5.26 Å². The first-order chi connectivity index (χ1) is 9.72. The largest absolute Gasteiger partial charge is 0.313 e. The SMILES string of the molecule is CCCNC1CC(c2cccc(C)c2)CN(CC#N)C1. The molecule has 2 unspecified atom stereocenters. The highest BCUT2D eigenvalue weighted by molar-refractivity contribution is 5.26.